The molecule has 0 atom stereocenters. The molecule has 0 spiro atoms. The summed E-state index contributed by atoms with van der Waals surface area (Å²) in [6, 6.07) is 13.0. The first-order valence-electron chi connectivity index (χ1n) is 4.69. The van der Waals surface area contributed by atoms with Crippen molar-refractivity contribution in [2.45, 2.75) is 0 Å². The molecule has 2 aromatic rings. The number of rotatable bonds is 1. The Balaban J connectivity index is 2.15. The summed E-state index contributed by atoms with van der Waals surface area (Å²) in [5.41, 5.74) is 3.97. The highest BCUT2D eigenvalue weighted by Gasteiger charge is 2.14. The second kappa shape index (κ2) is 2.92. The third kappa shape index (κ3) is 1.21. The zero-order valence-corrected chi connectivity index (χ0v) is 7.88. The zero-order chi connectivity index (χ0) is 10.3. The van der Waals surface area contributed by atoms with Crippen LogP contribution in [0.5, 0.6) is 5.75 Å². The Hall–Kier alpha value is -2.16. The fourth-order valence-corrected chi connectivity index (χ4v) is 1.65. The van der Waals surface area contributed by atoms with Crippen molar-refractivity contribution in [3.63, 3.8) is 0 Å². The predicted molar refractivity (Wildman–Crippen MR) is 57.7 cm³/mol. The van der Waals surface area contributed by atoms with Gasteiger partial charge in [-0.05, 0) is 23.8 Å². The van der Waals surface area contributed by atoms with E-state index in [2.05, 4.69) is 10.2 Å². The van der Waals surface area contributed by atoms with Gasteiger partial charge in [-0.25, -0.2) is 0 Å². The molecule has 0 saturated carbocycles. The molecule has 72 valence electrons. The van der Waals surface area contributed by atoms with Crippen molar-refractivity contribution in [3.8, 4) is 16.9 Å². The number of nitrogens with zero attached hydrogens (tertiary/aromatic N) is 2. The maximum absolute atomic E-state index is 9.20. The molecule has 3 rings (SSSR count). The van der Waals surface area contributed by atoms with Gasteiger partial charge in [-0.3, -0.25) is 0 Å². The van der Waals surface area contributed by atoms with E-state index in [4.69, 9.17) is 0 Å². The average Bonchev–Trinajstić information content (AvgIpc) is 2.21. The molecule has 0 bridgehead atoms. The van der Waals surface area contributed by atoms with Gasteiger partial charge in [0.15, 0.2) is 0 Å². The normalized spacial score (nSPS) is 12.0. The Morgan fingerprint density at radius 1 is 0.867 bits per heavy atom. The van der Waals surface area contributed by atoms with Gasteiger partial charge in [0.1, 0.15) is 17.1 Å². The van der Waals surface area contributed by atoms with Crippen LogP contribution in [0, 0.1) is 0 Å². The largest absolute Gasteiger partial charge is 0.508 e. The van der Waals surface area contributed by atoms with E-state index in [1.807, 2.05) is 30.3 Å². The van der Waals surface area contributed by atoms with Crippen molar-refractivity contribution in [2.24, 2.45) is 10.2 Å². The van der Waals surface area contributed by atoms with E-state index < -0.39 is 0 Å². The minimum atomic E-state index is 0.273. The van der Waals surface area contributed by atoms with Crippen LogP contribution in [-0.2, 0) is 0 Å². The summed E-state index contributed by atoms with van der Waals surface area (Å²) in [6.07, 6.45) is 0. The highest BCUT2D eigenvalue weighted by molar-refractivity contribution is 5.85. The zero-order valence-electron chi connectivity index (χ0n) is 7.88. The number of azo groups is 1. The molecule has 0 fully saturated rings. The lowest BCUT2D eigenvalue weighted by molar-refractivity contribution is 0.475. The first-order valence-corrected chi connectivity index (χ1v) is 4.69. The van der Waals surface area contributed by atoms with Crippen molar-refractivity contribution >= 4 is 11.4 Å². The molecular weight excluding hydrogens is 188 g/mol. The second-order valence-electron chi connectivity index (χ2n) is 3.42. The SMILES string of the molecule is Oc1ccc(-c2cccc3c2N=N3)cc1. The minimum Gasteiger partial charge on any atom is -0.508 e. The maximum atomic E-state index is 9.20. The van der Waals surface area contributed by atoms with Gasteiger partial charge in [-0.2, -0.15) is 0 Å². The standard InChI is InChI=1S/C12H8N2O/c15-9-6-4-8(5-7-9)10-2-1-3-11-12(10)14-13-11/h1-7,15H. The summed E-state index contributed by atoms with van der Waals surface area (Å²) in [5, 5.41) is 17.1. The number of fused-ring (bicyclic) bond motifs is 1. The van der Waals surface area contributed by atoms with Crippen LogP contribution in [0.2, 0.25) is 0 Å². The summed E-state index contributed by atoms with van der Waals surface area (Å²) in [5.74, 6) is 0.273. The van der Waals surface area contributed by atoms with Crippen molar-refractivity contribution in [1.29, 1.82) is 0 Å². The van der Waals surface area contributed by atoms with Crippen molar-refractivity contribution in [1.82, 2.24) is 0 Å². The number of hydrogen-bond donors (Lipinski definition) is 1. The van der Waals surface area contributed by atoms with E-state index in [0.29, 0.717) is 0 Å². The van der Waals surface area contributed by atoms with Crippen molar-refractivity contribution in [2.75, 3.05) is 0 Å². The van der Waals surface area contributed by atoms with E-state index in [0.717, 1.165) is 22.5 Å². The molecule has 0 aromatic heterocycles. The number of hydrogen-bond acceptors (Lipinski definition) is 3. The number of phenols is 1. The van der Waals surface area contributed by atoms with Gasteiger partial charge >= 0.3 is 0 Å². The molecule has 1 heterocycles. The Labute approximate surface area is 86.7 Å². The van der Waals surface area contributed by atoms with Gasteiger partial charge in [0.2, 0.25) is 0 Å². The molecule has 1 N–H and O–H groups in total. The van der Waals surface area contributed by atoms with Gasteiger partial charge in [0.25, 0.3) is 0 Å². The van der Waals surface area contributed by atoms with E-state index in [1.165, 1.54) is 0 Å². The first-order chi connectivity index (χ1) is 7.34. The second-order valence-corrected chi connectivity index (χ2v) is 3.42. The van der Waals surface area contributed by atoms with E-state index in [9.17, 15) is 5.11 Å². The van der Waals surface area contributed by atoms with Crippen LogP contribution >= 0.6 is 0 Å². The lowest BCUT2D eigenvalue weighted by atomic mass is 10.0. The topological polar surface area (TPSA) is 45.0 Å². The summed E-state index contributed by atoms with van der Waals surface area (Å²) < 4.78 is 0. The summed E-state index contributed by atoms with van der Waals surface area (Å²) >= 11 is 0. The Bertz CT molecular complexity index is 544. The molecule has 3 heteroatoms. The average molecular weight is 196 g/mol. The fourth-order valence-electron chi connectivity index (χ4n) is 1.65. The molecular formula is C12H8N2O. The van der Waals surface area contributed by atoms with Gasteiger partial charge in [0.05, 0.1) is 0 Å². The smallest absolute Gasteiger partial charge is 0.121 e. The predicted octanol–water partition coefficient (Wildman–Crippen LogP) is 3.79. The third-order valence-electron chi connectivity index (χ3n) is 2.45. The van der Waals surface area contributed by atoms with Crippen LogP contribution in [0.4, 0.5) is 11.4 Å². The van der Waals surface area contributed by atoms with Gasteiger partial charge < -0.3 is 5.11 Å². The molecule has 1 aliphatic heterocycles. The summed E-state index contributed by atoms with van der Waals surface area (Å²) in [4.78, 5) is 0. The Morgan fingerprint density at radius 2 is 1.67 bits per heavy atom. The number of aromatic hydroxyl groups is 1. The lowest BCUT2D eigenvalue weighted by Crippen LogP contribution is -1.83. The molecule has 15 heavy (non-hydrogen) atoms. The van der Waals surface area contributed by atoms with Gasteiger partial charge in [-0.15, -0.1) is 10.2 Å². The Kier molecular flexibility index (Phi) is 1.59. The van der Waals surface area contributed by atoms with Crippen LogP contribution in [-0.4, -0.2) is 5.11 Å². The fraction of sp³-hybridized carbons (Fsp3) is 0. The first kappa shape index (κ1) is 8.17. The third-order valence-corrected chi connectivity index (χ3v) is 2.45. The molecule has 0 amide bonds. The Morgan fingerprint density at radius 3 is 2.33 bits per heavy atom. The van der Waals surface area contributed by atoms with E-state index in [1.54, 1.807) is 12.1 Å². The summed E-state index contributed by atoms with van der Waals surface area (Å²) in [6.45, 7) is 0. The molecule has 0 unspecified atom stereocenters. The summed E-state index contributed by atoms with van der Waals surface area (Å²) in [7, 11) is 0. The van der Waals surface area contributed by atoms with Crippen molar-refractivity contribution in [3.05, 3.63) is 42.5 Å². The van der Waals surface area contributed by atoms with Crippen molar-refractivity contribution < 1.29 is 5.11 Å². The number of benzene rings is 2. The van der Waals surface area contributed by atoms with Crippen LogP contribution in [0.1, 0.15) is 0 Å². The van der Waals surface area contributed by atoms with Gasteiger partial charge in [0, 0.05) is 5.56 Å². The van der Waals surface area contributed by atoms with Crippen LogP contribution in [0.25, 0.3) is 11.1 Å². The molecule has 0 aliphatic carbocycles. The molecule has 0 radical (unpaired) electrons. The molecule has 2 aromatic carbocycles. The quantitative estimate of drug-likeness (QED) is 0.632. The van der Waals surface area contributed by atoms with Crippen LogP contribution in [0.15, 0.2) is 52.7 Å². The van der Waals surface area contributed by atoms with Crippen LogP contribution in [0.3, 0.4) is 0 Å². The highest BCUT2D eigenvalue weighted by Crippen LogP contribution is 2.45. The minimum absolute atomic E-state index is 0.273. The monoisotopic (exact) mass is 196 g/mol. The molecule has 3 nitrogen and oxygen atoms in total. The highest BCUT2D eigenvalue weighted by atomic mass is 16.3. The van der Waals surface area contributed by atoms with E-state index >= 15 is 0 Å². The maximum Gasteiger partial charge on any atom is 0.121 e. The number of phenolic OH excluding ortho intramolecular Hbond substituents is 1. The van der Waals surface area contributed by atoms with Gasteiger partial charge in [-0.1, -0.05) is 24.3 Å². The molecule has 1 aliphatic rings. The lowest BCUT2D eigenvalue weighted by Gasteiger charge is -2.12. The van der Waals surface area contributed by atoms with E-state index in [-0.39, 0.29) is 5.75 Å². The molecule has 0 saturated heterocycles. The van der Waals surface area contributed by atoms with Crippen LogP contribution < -0.4 is 0 Å².